The van der Waals surface area contributed by atoms with Gasteiger partial charge in [0.2, 0.25) is 0 Å². The summed E-state index contributed by atoms with van der Waals surface area (Å²) in [4.78, 5) is 9.69. The number of aromatic nitrogens is 3. The Bertz CT molecular complexity index is 1280. The average molecular weight is 456 g/mol. The number of hydrogen-bond acceptors (Lipinski definition) is 4. The molecule has 0 atom stereocenters. The minimum absolute atomic E-state index is 0.246. The van der Waals surface area contributed by atoms with E-state index >= 15 is 0 Å². The Hall–Kier alpha value is -3.41. The van der Waals surface area contributed by atoms with Crippen molar-refractivity contribution in [1.29, 1.82) is 0 Å². The van der Waals surface area contributed by atoms with Crippen LogP contribution in [0.4, 0.5) is 15.9 Å². The van der Waals surface area contributed by atoms with Crippen molar-refractivity contribution < 1.29 is 4.39 Å². The van der Waals surface area contributed by atoms with E-state index in [-0.39, 0.29) is 5.82 Å². The fraction of sp³-hybridized carbons (Fsp3) is 0.357. The van der Waals surface area contributed by atoms with Crippen molar-refractivity contribution in [1.82, 2.24) is 14.4 Å². The maximum Gasteiger partial charge on any atom is 0.161 e. The lowest BCUT2D eigenvalue weighted by atomic mass is 10.1. The van der Waals surface area contributed by atoms with E-state index < -0.39 is 0 Å². The van der Waals surface area contributed by atoms with Gasteiger partial charge in [-0.1, -0.05) is 25.7 Å². The Kier molecular flexibility index (Phi) is 5.65. The highest BCUT2D eigenvalue weighted by Gasteiger charge is 2.22. The Morgan fingerprint density at radius 1 is 0.824 bits per heavy atom. The van der Waals surface area contributed by atoms with Crippen LogP contribution in [0, 0.1) is 5.82 Å². The molecule has 3 aromatic heterocycles. The summed E-state index contributed by atoms with van der Waals surface area (Å²) in [5, 5.41) is 7.34. The normalized spacial score (nSPS) is 17.0. The monoisotopic (exact) mass is 455 g/mol. The molecular formula is C28H30FN5. The second-order valence-electron chi connectivity index (χ2n) is 9.61. The molecule has 0 bridgehead atoms. The second-order valence-corrected chi connectivity index (χ2v) is 9.61. The summed E-state index contributed by atoms with van der Waals surface area (Å²) in [7, 11) is 0. The number of rotatable bonds is 6. The smallest absolute Gasteiger partial charge is 0.161 e. The van der Waals surface area contributed by atoms with E-state index in [2.05, 4.69) is 44.4 Å². The van der Waals surface area contributed by atoms with Crippen molar-refractivity contribution in [2.75, 3.05) is 10.6 Å². The molecular weight excluding hydrogens is 425 g/mol. The molecule has 0 saturated heterocycles. The van der Waals surface area contributed by atoms with Crippen molar-refractivity contribution in [2.24, 2.45) is 0 Å². The molecule has 2 aliphatic rings. The maximum atomic E-state index is 13.7. The minimum atomic E-state index is -0.246. The summed E-state index contributed by atoms with van der Waals surface area (Å²) in [5.41, 5.74) is 5.72. The molecule has 4 aromatic rings. The van der Waals surface area contributed by atoms with Crippen molar-refractivity contribution >= 4 is 17.2 Å². The SMILES string of the molecule is Fc1ccc(-c2nc3c(NC4CCCC4)cccn3c2-c2ccnc(NC3CCCC3)c2)cc1. The Labute approximate surface area is 199 Å². The summed E-state index contributed by atoms with van der Waals surface area (Å²) in [5.74, 6) is 0.647. The lowest BCUT2D eigenvalue weighted by Crippen LogP contribution is -2.15. The van der Waals surface area contributed by atoms with Gasteiger partial charge in [-0.3, -0.25) is 4.40 Å². The molecule has 2 fully saturated rings. The highest BCUT2D eigenvalue weighted by molar-refractivity contribution is 5.86. The van der Waals surface area contributed by atoms with Crippen LogP contribution >= 0.6 is 0 Å². The lowest BCUT2D eigenvalue weighted by Gasteiger charge is -2.15. The standard InChI is InChI=1S/C28H30FN5/c29-21-13-11-19(12-14-21)26-27(20-15-16-30-25(18-20)32-23-8-3-4-9-23)34-17-5-10-24(28(34)33-26)31-22-6-1-2-7-22/h5,10-18,22-23,31H,1-4,6-9H2,(H,30,32). The van der Waals surface area contributed by atoms with Crippen LogP contribution in [0.3, 0.4) is 0 Å². The van der Waals surface area contributed by atoms with Gasteiger partial charge in [-0.25, -0.2) is 14.4 Å². The van der Waals surface area contributed by atoms with Gasteiger partial charge in [0.15, 0.2) is 5.65 Å². The third kappa shape index (κ3) is 4.13. The predicted molar refractivity (Wildman–Crippen MR) is 136 cm³/mol. The van der Waals surface area contributed by atoms with Crippen LogP contribution in [-0.2, 0) is 0 Å². The first-order chi connectivity index (χ1) is 16.7. The molecule has 174 valence electrons. The zero-order valence-corrected chi connectivity index (χ0v) is 19.3. The molecule has 0 aliphatic heterocycles. The number of fused-ring (bicyclic) bond motifs is 1. The first-order valence-electron chi connectivity index (χ1n) is 12.5. The summed E-state index contributed by atoms with van der Waals surface area (Å²) in [6, 6.07) is 15.9. The number of nitrogens with zero attached hydrogens (tertiary/aromatic N) is 3. The summed E-state index contributed by atoms with van der Waals surface area (Å²) < 4.78 is 15.9. The van der Waals surface area contributed by atoms with Gasteiger partial charge in [0.25, 0.3) is 0 Å². The molecule has 2 saturated carbocycles. The highest BCUT2D eigenvalue weighted by atomic mass is 19.1. The van der Waals surface area contributed by atoms with Crippen LogP contribution in [0.2, 0.25) is 0 Å². The molecule has 0 radical (unpaired) electrons. The zero-order valence-electron chi connectivity index (χ0n) is 19.3. The van der Waals surface area contributed by atoms with Crippen molar-refractivity contribution in [3.8, 4) is 22.5 Å². The van der Waals surface area contributed by atoms with Crippen LogP contribution in [0.15, 0.2) is 60.9 Å². The predicted octanol–water partition coefficient (Wildman–Crippen LogP) is 6.91. The molecule has 3 heterocycles. The van der Waals surface area contributed by atoms with Gasteiger partial charge in [-0.2, -0.15) is 0 Å². The zero-order chi connectivity index (χ0) is 22.9. The molecule has 0 amide bonds. The van der Waals surface area contributed by atoms with Crippen LogP contribution < -0.4 is 10.6 Å². The number of imidazole rings is 1. The first-order valence-corrected chi connectivity index (χ1v) is 12.5. The van der Waals surface area contributed by atoms with E-state index in [0.29, 0.717) is 12.1 Å². The molecule has 6 rings (SSSR count). The van der Waals surface area contributed by atoms with Gasteiger partial charge >= 0.3 is 0 Å². The topological polar surface area (TPSA) is 54.2 Å². The summed E-state index contributed by atoms with van der Waals surface area (Å²) in [6.45, 7) is 0. The molecule has 2 aliphatic carbocycles. The Balaban J connectivity index is 1.47. The molecule has 0 unspecified atom stereocenters. The highest BCUT2D eigenvalue weighted by Crippen LogP contribution is 2.36. The number of benzene rings is 1. The first kappa shape index (κ1) is 21.1. The molecule has 34 heavy (non-hydrogen) atoms. The number of pyridine rings is 2. The Morgan fingerprint density at radius 3 is 2.26 bits per heavy atom. The van der Waals surface area contributed by atoms with E-state index in [1.54, 1.807) is 0 Å². The fourth-order valence-electron chi connectivity index (χ4n) is 5.49. The Morgan fingerprint density at radius 2 is 1.53 bits per heavy atom. The van der Waals surface area contributed by atoms with Crippen molar-refractivity contribution in [3.05, 3.63) is 66.7 Å². The van der Waals surface area contributed by atoms with Crippen LogP contribution in [0.25, 0.3) is 28.2 Å². The van der Waals surface area contributed by atoms with E-state index in [1.807, 2.05) is 24.4 Å². The van der Waals surface area contributed by atoms with E-state index in [9.17, 15) is 4.39 Å². The molecule has 5 nitrogen and oxygen atoms in total. The van der Waals surface area contributed by atoms with E-state index in [4.69, 9.17) is 4.98 Å². The number of anilines is 2. The van der Waals surface area contributed by atoms with Crippen LogP contribution in [-0.4, -0.2) is 26.5 Å². The van der Waals surface area contributed by atoms with E-state index in [1.165, 1.54) is 63.5 Å². The molecule has 2 N–H and O–H groups in total. The van der Waals surface area contributed by atoms with Crippen LogP contribution in [0.5, 0.6) is 0 Å². The van der Waals surface area contributed by atoms with Crippen LogP contribution in [0.1, 0.15) is 51.4 Å². The van der Waals surface area contributed by atoms with Crippen molar-refractivity contribution in [3.63, 3.8) is 0 Å². The number of nitrogens with one attached hydrogen (secondary N) is 2. The van der Waals surface area contributed by atoms with Gasteiger partial charge in [0.1, 0.15) is 11.6 Å². The third-order valence-corrected chi connectivity index (χ3v) is 7.22. The van der Waals surface area contributed by atoms with E-state index in [0.717, 1.165) is 39.7 Å². The minimum Gasteiger partial charge on any atom is -0.379 e. The maximum absolute atomic E-state index is 13.7. The van der Waals surface area contributed by atoms with Gasteiger partial charge < -0.3 is 10.6 Å². The second kappa shape index (κ2) is 9.09. The summed E-state index contributed by atoms with van der Waals surface area (Å²) in [6.07, 6.45) is 13.8. The summed E-state index contributed by atoms with van der Waals surface area (Å²) >= 11 is 0. The average Bonchev–Trinajstić information content (AvgIpc) is 3.61. The largest absolute Gasteiger partial charge is 0.379 e. The molecule has 0 spiro atoms. The number of hydrogen-bond donors (Lipinski definition) is 2. The van der Waals surface area contributed by atoms with Gasteiger partial charge in [-0.05, 0) is 74.2 Å². The van der Waals surface area contributed by atoms with Gasteiger partial charge in [0, 0.05) is 35.6 Å². The lowest BCUT2D eigenvalue weighted by molar-refractivity contribution is 0.628. The van der Waals surface area contributed by atoms with Gasteiger partial charge in [-0.15, -0.1) is 0 Å². The fourth-order valence-corrected chi connectivity index (χ4v) is 5.49. The third-order valence-electron chi connectivity index (χ3n) is 7.22. The van der Waals surface area contributed by atoms with Crippen molar-refractivity contribution in [2.45, 2.75) is 63.5 Å². The number of halogens is 1. The molecule has 1 aromatic carbocycles. The van der Waals surface area contributed by atoms with Gasteiger partial charge in [0.05, 0.1) is 17.1 Å². The quantitative estimate of drug-likeness (QED) is 0.332. The molecule has 6 heteroatoms.